The fraction of sp³-hybridized carbons (Fsp3) is 0.486. The van der Waals surface area contributed by atoms with E-state index < -0.39 is 0 Å². The molecule has 0 spiro atoms. The zero-order chi connectivity index (χ0) is 32.8. The summed E-state index contributed by atoms with van der Waals surface area (Å²) in [5, 5.41) is 6.29. The normalized spacial score (nSPS) is 10.9. The van der Waals surface area contributed by atoms with Gasteiger partial charge in [0.05, 0.1) is 7.11 Å². The highest BCUT2D eigenvalue weighted by Gasteiger charge is 2.20. The lowest BCUT2D eigenvalue weighted by Crippen LogP contribution is -2.30. The van der Waals surface area contributed by atoms with E-state index in [-0.39, 0.29) is 23.3 Å². The summed E-state index contributed by atoms with van der Waals surface area (Å²) in [6.45, 7) is 17.4. The number of unbranched alkanes of at least 4 members (excludes halogenated alkanes) is 1. The van der Waals surface area contributed by atoms with Crippen molar-refractivity contribution in [3.8, 4) is 17.4 Å². The Morgan fingerprint density at radius 2 is 1.62 bits per heavy atom. The first-order valence-electron chi connectivity index (χ1n) is 16.1. The largest absolute Gasteiger partial charge is 0.493 e. The molecule has 0 atom stereocenters. The van der Waals surface area contributed by atoms with Crippen molar-refractivity contribution in [3.05, 3.63) is 64.8 Å². The molecule has 0 bridgehead atoms. The highest BCUT2D eigenvalue weighted by atomic mass is 16.5. The zero-order valence-electron chi connectivity index (χ0n) is 28.0. The summed E-state index contributed by atoms with van der Waals surface area (Å²) >= 11 is 0. The minimum absolute atomic E-state index is 0.113. The quantitative estimate of drug-likeness (QED) is 0.156. The van der Waals surface area contributed by atoms with Crippen LogP contribution in [0.25, 0.3) is 0 Å². The SMILES string of the molecule is CCN(CC)CCCCNc1ncc(C(=O)Nc2c(C)cccc2C)c(Oc2ccc(CCC(=O)N(CC)CC)cc2OC)n1. The van der Waals surface area contributed by atoms with Gasteiger partial charge in [-0.3, -0.25) is 9.59 Å². The minimum atomic E-state index is -0.376. The van der Waals surface area contributed by atoms with Crippen molar-refractivity contribution >= 4 is 23.5 Å². The van der Waals surface area contributed by atoms with Crippen LogP contribution in [0, 0.1) is 13.8 Å². The second kappa shape index (κ2) is 17.9. The number of nitrogens with one attached hydrogen (secondary N) is 2. The number of anilines is 2. The van der Waals surface area contributed by atoms with Gasteiger partial charge in [-0.05, 0) is 95.4 Å². The Kier molecular flexibility index (Phi) is 14.1. The summed E-state index contributed by atoms with van der Waals surface area (Å²) < 4.78 is 11.9. The second-order valence-corrected chi connectivity index (χ2v) is 10.9. The summed E-state index contributed by atoms with van der Waals surface area (Å²) in [4.78, 5) is 39.4. The van der Waals surface area contributed by atoms with Gasteiger partial charge in [0.15, 0.2) is 11.5 Å². The molecule has 244 valence electrons. The van der Waals surface area contributed by atoms with Crippen LogP contribution in [0.2, 0.25) is 0 Å². The predicted octanol–water partition coefficient (Wildman–Crippen LogP) is 6.48. The Bertz CT molecular complexity index is 1380. The number of aromatic nitrogens is 2. The van der Waals surface area contributed by atoms with Crippen LogP contribution >= 0.6 is 0 Å². The third-order valence-electron chi connectivity index (χ3n) is 7.98. The van der Waals surface area contributed by atoms with Crippen LogP contribution in [0.4, 0.5) is 11.6 Å². The van der Waals surface area contributed by atoms with Crippen LogP contribution in [0.15, 0.2) is 42.6 Å². The second-order valence-electron chi connectivity index (χ2n) is 10.9. The summed E-state index contributed by atoms with van der Waals surface area (Å²) in [6, 6.07) is 11.4. The maximum atomic E-state index is 13.6. The summed E-state index contributed by atoms with van der Waals surface area (Å²) in [7, 11) is 1.56. The molecule has 0 fully saturated rings. The molecule has 0 saturated carbocycles. The third kappa shape index (κ3) is 10.2. The molecule has 10 heteroatoms. The van der Waals surface area contributed by atoms with E-state index in [2.05, 4.69) is 39.3 Å². The van der Waals surface area contributed by atoms with Gasteiger partial charge in [-0.25, -0.2) is 4.98 Å². The van der Waals surface area contributed by atoms with E-state index in [0.29, 0.717) is 49.9 Å². The molecule has 45 heavy (non-hydrogen) atoms. The number of para-hydroxylation sites is 1. The fourth-order valence-corrected chi connectivity index (χ4v) is 5.12. The van der Waals surface area contributed by atoms with Gasteiger partial charge in [-0.1, -0.05) is 38.1 Å². The molecule has 2 amide bonds. The van der Waals surface area contributed by atoms with E-state index >= 15 is 0 Å². The third-order valence-corrected chi connectivity index (χ3v) is 7.98. The average molecular weight is 619 g/mol. The zero-order valence-corrected chi connectivity index (χ0v) is 28.0. The van der Waals surface area contributed by atoms with E-state index in [1.54, 1.807) is 13.2 Å². The number of carbonyl (C=O) groups excluding carboxylic acids is 2. The van der Waals surface area contributed by atoms with Crippen molar-refractivity contribution in [3.63, 3.8) is 0 Å². The van der Waals surface area contributed by atoms with Gasteiger partial charge in [0.1, 0.15) is 5.56 Å². The first kappa shape index (κ1) is 35.3. The Morgan fingerprint density at radius 3 is 2.27 bits per heavy atom. The molecule has 1 aromatic heterocycles. The summed E-state index contributed by atoms with van der Waals surface area (Å²) in [5.41, 5.74) is 3.78. The molecule has 3 aromatic rings. The molecule has 3 rings (SSSR count). The Morgan fingerprint density at radius 1 is 0.911 bits per heavy atom. The summed E-state index contributed by atoms with van der Waals surface area (Å²) in [6.07, 6.45) is 4.48. The number of carbonyl (C=O) groups is 2. The molecule has 0 radical (unpaired) electrons. The summed E-state index contributed by atoms with van der Waals surface area (Å²) in [5.74, 6) is 1.12. The maximum Gasteiger partial charge on any atom is 0.262 e. The lowest BCUT2D eigenvalue weighted by Gasteiger charge is -2.19. The Labute approximate surface area is 268 Å². The molecule has 2 aromatic carbocycles. The van der Waals surface area contributed by atoms with E-state index in [4.69, 9.17) is 9.47 Å². The van der Waals surface area contributed by atoms with Crippen molar-refractivity contribution in [1.29, 1.82) is 0 Å². The highest BCUT2D eigenvalue weighted by molar-refractivity contribution is 6.06. The number of ether oxygens (including phenoxy) is 2. The predicted molar refractivity (Wildman–Crippen MR) is 181 cm³/mol. The van der Waals surface area contributed by atoms with Crippen molar-refractivity contribution in [2.24, 2.45) is 0 Å². The minimum Gasteiger partial charge on any atom is -0.493 e. The first-order valence-corrected chi connectivity index (χ1v) is 16.1. The molecule has 0 unspecified atom stereocenters. The van der Waals surface area contributed by atoms with Gasteiger partial charge >= 0.3 is 0 Å². The lowest BCUT2D eigenvalue weighted by atomic mass is 10.1. The number of methoxy groups -OCH3 is 1. The molecular weight excluding hydrogens is 568 g/mol. The van der Waals surface area contributed by atoms with E-state index in [0.717, 1.165) is 54.9 Å². The lowest BCUT2D eigenvalue weighted by molar-refractivity contribution is -0.130. The van der Waals surface area contributed by atoms with Gasteiger partial charge < -0.3 is 29.9 Å². The van der Waals surface area contributed by atoms with E-state index in [9.17, 15) is 9.59 Å². The first-order chi connectivity index (χ1) is 21.7. The molecule has 0 aliphatic carbocycles. The average Bonchev–Trinajstić information content (AvgIpc) is 3.04. The number of rotatable bonds is 18. The van der Waals surface area contributed by atoms with Crippen LogP contribution < -0.4 is 20.1 Å². The van der Waals surface area contributed by atoms with E-state index in [1.165, 1.54) is 6.20 Å². The Hall–Kier alpha value is -4.18. The maximum absolute atomic E-state index is 13.6. The van der Waals surface area contributed by atoms with Crippen molar-refractivity contribution in [2.45, 2.75) is 67.2 Å². The fourth-order valence-electron chi connectivity index (χ4n) is 5.12. The van der Waals surface area contributed by atoms with Crippen LogP contribution in [-0.2, 0) is 11.2 Å². The standard InChI is InChI=1S/C35H50N6O4/c1-8-40(9-2)22-13-12-21-36-35-37-24-28(33(43)38-32-25(5)15-14-16-26(32)6)34(39-35)45-29-19-17-27(23-30(29)44-7)18-20-31(42)41(10-3)11-4/h14-17,19,23-24H,8-13,18,20-22H2,1-7H3,(H,38,43)(H,36,37,39). The number of nitrogens with zero attached hydrogens (tertiary/aromatic N) is 4. The molecule has 0 aliphatic heterocycles. The van der Waals surface area contributed by atoms with Crippen molar-refractivity contribution < 1.29 is 19.1 Å². The molecule has 0 saturated heterocycles. The van der Waals surface area contributed by atoms with Crippen LogP contribution in [0.1, 0.15) is 74.0 Å². The number of benzene rings is 2. The molecular formula is C35H50N6O4. The highest BCUT2D eigenvalue weighted by Crippen LogP contribution is 2.34. The molecule has 0 aliphatic rings. The van der Waals surface area contributed by atoms with Crippen LogP contribution in [-0.4, -0.2) is 78.0 Å². The number of amides is 2. The Balaban J connectivity index is 1.83. The van der Waals surface area contributed by atoms with Crippen LogP contribution in [0.5, 0.6) is 17.4 Å². The number of hydrogen-bond acceptors (Lipinski definition) is 8. The van der Waals surface area contributed by atoms with Gasteiger partial charge in [0.25, 0.3) is 5.91 Å². The van der Waals surface area contributed by atoms with Crippen LogP contribution in [0.3, 0.4) is 0 Å². The molecule has 1 heterocycles. The molecule has 10 nitrogen and oxygen atoms in total. The van der Waals surface area contributed by atoms with Gasteiger partial charge in [-0.2, -0.15) is 4.98 Å². The van der Waals surface area contributed by atoms with Gasteiger partial charge in [0, 0.05) is 37.9 Å². The monoisotopic (exact) mass is 618 g/mol. The smallest absolute Gasteiger partial charge is 0.262 e. The van der Waals surface area contributed by atoms with Gasteiger partial charge in [0.2, 0.25) is 17.7 Å². The topological polar surface area (TPSA) is 109 Å². The number of hydrogen-bond donors (Lipinski definition) is 2. The molecule has 2 N–H and O–H groups in total. The van der Waals surface area contributed by atoms with Crippen molar-refractivity contribution in [2.75, 3.05) is 57.0 Å². The van der Waals surface area contributed by atoms with Gasteiger partial charge in [-0.15, -0.1) is 0 Å². The van der Waals surface area contributed by atoms with Crippen molar-refractivity contribution in [1.82, 2.24) is 19.8 Å². The van der Waals surface area contributed by atoms with E-state index in [1.807, 2.05) is 62.9 Å². The number of aryl methyl sites for hydroxylation is 3.